The summed E-state index contributed by atoms with van der Waals surface area (Å²) < 4.78 is 0. The molecule has 1 aromatic heterocycles. The van der Waals surface area contributed by atoms with Crippen molar-refractivity contribution in [2.75, 3.05) is 36.4 Å². The van der Waals surface area contributed by atoms with Gasteiger partial charge < -0.3 is 21.1 Å². The van der Waals surface area contributed by atoms with Gasteiger partial charge in [0.25, 0.3) is 5.91 Å². The van der Waals surface area contributed by atoms with Crippen LogP contribution in [-0.4, -0.2) is 52.3 Å². The van der Waals surface area contributed by atoms with Crippen LogP contribution in [-0.2, 0) is 19.5 Å². The highest BCUT2D eigenvalue weighted by molar-refractivity contribution is 5.99. The molecule has 0 aliphatic carbocycles. The molecule has 5 N–H and O–H groups in total. The van der Waals surface area contributed by atoms with Crippen molar-refractivity contribution >= 4 is 17.4 Å². The van der Waals surface area contributed by atoms with Gasteiger partial charge in [-0.25, -0.2) is 0 Å². The summed E-state index contributed by atoms with van der Waals surface area (Å²) in [5, 5.41) is 20.6. The number of anilines is 2. The second kappa shape index (κ2) is 11.6. The van der Waals surface area contributed by atoms with Crippen LogP contribution >= 0.6 is 0 Å². The number of carbonyl (C=O) groups excluding carboxylic acids is 1. The number of carbonyl (C=O) groups is 1. The highest BCUT2D eigenvalue weighted by atomic mass is 16.3. The molecule has 202 valence electrons. The Morgan fingerprint density at radius 3 is 2.26 bits per heavy atom. The first-order chi connectivity index (χ1) is 18.9. The third-order valence-electron chi connectivity index (χ3n) is 7.40. The number of phenols is 1. The molecule has 2 heterocycles. The van der Waals surface area contributed by atoms with Gasteiger partial charge in [-0.1, -0.05) is 54.6 Å². The maximum absolute atomic E-state index is 12.3. The Balaban J connectivity index is 1.20. The van der Waals surface area contributed by atoms with Crippen molar-refractivity contribution in [3.8, 4) is 5.75 Å². The first kappa shape index (κ1) is 26.3. The Kier molecular flexibility index (Phi) is 7.84. The molecule has 1 amide bonds. The van der Waals surface area contributed by atoms with Crippen molar-refractivity contribution in [2.24, 2.45) is 5.73 Å². The highest BCUT2D eigenvalue weighted by Crippen LogP contribution is 2.25. The number of hydrogen-bond acceptors (Lipinski definition) is 6. The largest absolute Gasteiger partial charge is 0.507 e. The number of rotatable bonds is 9. The molecule has 0 radical (unpaired) electrons. The molecule has 39 heavy (non-hydrogen) atoms. The fourth-order valence-corrected chi connectivity index (χ4v) is 5.27. The van der Waals surface area contributed by atoms with Crippen LogP contribution in [0.25, 0.3) is 0 Å². The molecule has 5 rings (SSSR count). The van der Waals surface area contributed by atoms with Gasteiger partial charge in [0.1, 0.15) is 11.3 Å². The van der Waals surface area contributed by atoms with Crippen LogP contribution in [0.4, 0.5) is 11.5 Å². The Morgan fingerprint density at radius 1 is 0.949 bits per heavy atom. The van der Waals surface area contributed by atoms with Gasteiger partial charge in [-0.2, -0.15) is 5.10 Å². The van der Waals surface area contributed by atoms with Crippen molar-refractivity contribution in [2.45, 2.75) is 33.4 Å². The number of piperazine rings is 1. The number of benzene rings is 3. The number of aryl methyl sites for hydroxylation is 2. The van der Waals surface area contributed by atoms with Crippen LogP contribution in [0.1, 0.15) is 43.9 Å². The fraction of sp³-hybridized carbons (Fsp3) is 0.290. The molecule has 0 saturated carbocycles. The van der Waals surface area contributed by atoms with Crippen LogP contribution in [0.3, 0.4) is 0 Å². The molecular weight excluding hydrogens is 488 g/mol. The maximum atomic E-state index is 12.3. The third kappa shape index (κ3) is 6.23. The fourth-order valence-electron chi connectivity index (χ4n) is 5.27. The first-order valence-electron chi connectivity index (χ1n) is 13.4. The van der Waals surface area contributed by atoms with Gasteiger partial charge >= 0.3 is 0 Å². The van der Waals surface area contributed by atoms with Crippen LogP contribution in [0.15, 0.2) is 66.7 Å². The van der Waals surface area contributed by atoms with Gasteiger partial charge in [0.15, 0.2) is 5.82 Å². The predicted molar refractivity (Wildman–Crippen MR) is 155 cm³/mol. The maximum Gasteiger partial charge on any atom is 0.254 e. The zero-order chi connectivity index (χ0) is 27.4. The van der Waals surface area contributed by atoms with Gasteiger partial charge in [-0.05, 0) is 53.8 Å². The van der Waals surface area contributed by atoms with E-state index >= 15 is 0 Å². The topological polar surface area (TPSA) is 111 Å². The zero-order valence-corrected chi connectivity index (χ0v) is 22.6. The molecule has 0 atom stereocenters. The Bertz CT molecular complexity index is 1400. The second-order valence-corrected chi connectivity index (χ2v) is 10.3. The molecule has 8 nitrogen and oxygen atoms in total. The molecule has 3 aromatic carbocycles. The van der Waals surface area contributed by atoms with Crippen LogP contribution in [0.5, 0.6) is 5.75 Å². The number of hydrogen-bond donors (Lipinski definition) is 4. The lowest BCUT2D eigenvalue weighted by molar-refractivity contribution is 0.100. The normalized spacial score (nSPS) is 13.9. The number of nitrogens with two attached hydrogens (primary N) is 1. The molecule has 8 heteroatoms. The SMILES string of the molecule is Cc1cc(CNc2n[nH]c(Cc3ccc(N4CCN(Cc5ccccc5)CC4)cc3)c2C(N)=O)cc(C)c1O. The molecule has 1 aliphatic rings. The Hall–Kier alpha value is -4.30. The van der Waals surface area contributed by atoms with E-state index in [2.05, 4.69) is 79.9 Å². The van der Waals surface area contributed by atoms with E-state index in [1.807, 2.05) is 26.0 Å². The lowest BCUT2D eigenvalue weighted by atomic mass is 10.0. The summed E-state index contributed by atoms with van der Waals surface area (Å²) in [5.41, 5.74) is 13.0. The Morgan fingerprint density at radius 2 is 1.62 bits per heavy atom. The number of phenolic OH excluding ortho intramolecular Hbond substituents is 1. The molecule has 0 unspecified atom stereocenters. The summed E-state index contributed by atoms with van der Waals surface area (Å²) >= 11 is 0. The van der Waals surface area contributed by atoms with Crippen LogP contribution < -0.4 is 16.0 Å². The lowest BCUT2D eigenvalue weighted by Crippen LogP contribution is -2.45. The van der Waals surface area contributed by atoms with Gasteiger partial charge in [0.2, 0.25) is 0 Å². The standard InChI is InChI=1S/C31H36N6O2/c1-21-16-25(17-22(2)29(21)38)19-33-31-28(30(32)39)27(34-35-31)18-23-8-10-26(11-9-23)37-14-12-36(13-15-37)20-24-6-4-3-5-7-24/h3-11,16-17,38H,12-15,18-20H2,1-2H3,(H2,32,39)(H2,33,34,35). The molecule has 0 spiro atoms. The molecule has 1 fully saturated rings. The summed E-state index contributed by atoms with van der Waals surface area (Å²) in [5.74, 6) is 0.213. The molecule has 4 aromatic rings. The minimum absolute atomic E-state index is 0.301. The van der Waals surface area contributed by atoms with Crippen LogP contribution in [0.2, 0.25) is 0 Å². The number of H-pyrrole nitrogens is 1. The Labute approximate surface area is 229 Å². The quantitative estimate of drug-likeness (QED) is 0.259. The summed E-state index contributed by atoms with van der Waals surface area (Å²) in [7, 11) is 0. The minimum atomic E-state index is -0.524. The molecule has 0 bridgehead atoms. The lowest BCUT2D eigenvalue weighted by Gasteiger charge is -2.36. The van der Waals surface area contributed by atoms with Crippen LogP contribution in [0, 0.1) is 13.8 Å². The van der Waals surface area contributed by atoms with E-state index < -0.39 is 5.91 Å². The average molecular weight is 525 g/mol. The minimum Gasteiger partial charge on any atom is -0.507 e. The number of primary amides is 1. The van der Waals surface area contributed by atoms with E-state index in [1.54, 1.807) is 0 Å². The van der Waals surface area contributed by atoms with Crippen molar-refractivity contribution in [3.05, 3.63) is 106 Å². The first-order valence-corrected chi connectivity index (χ1v) is 13.4. The van der Waals surface area contributed by atoms with Crippen molar-refractivity contribution in [3.63, 3.8) is 0 Å². The summed E-state index contributed by atoms with van der Waals surface area (Å²) in [6, 6.07) is 23.0. The summed E-state index contributed by atoms with van der Waals surface area (Å²) in [6.45, 7) is 9.24. The van der Waals surface area contributed by atoms with E-state index in [0.717, 1.165) is 55.0 Å². The van der Waals surface area contributed by atoms with Gasteiger partial charge in [-0.3, -0.25) is 14.8 Å². The zero-order valence-electron chi connectivity index (χ0n) is 22.6. The smallest absolute Gasteiger partial charge is 0.254 e. The van der Waals surface area contributed by atoms with E-state index in [-0.39, 0.29) is 0 Å². The van der Waals surface area contributed by atoms with E-state index in [9.17, 15) is 9.90 Å². The second-order valence-electron chi connectivity index (χ2n) is 10.3. The summed E-state index contributed by atoms with van der Waals surface area (Å²) in [4.78, 5) is 17.3. The average Bonchev–Trinajstić information content (AvgIpc) is 3.34. The number of aromatic nitrogens is 2. The number of nitrogens with zero attached hydrogens (tertiary/aromatic N) is 3. The number of amides is 1. The monoisotopic (exact) mass is 524 g/mol. The summed E-state index contributed by atoms with van der Waals surface area (Å²) in [6.07, 6.45) is 0.523. The third-order valence-corrected chi connectivity index (χ3v) is 7.40. The van der Waals surface area contributed by atoms with Crippen molar-refractivity contribution in [1.29, 1.82) is 0 Å². The van der Waals surface area contributed by atoms with Gasteiger partial charge in [0, 0.05) is 51.4 Å². The molecule has 1 aliphatic heterocycles. The molecular formula is C31H36N6O2. The van der Waals surface area contributed by atoms with E-state index in [4.69, 9.17) is 5.73 Å². The predicted octanol–water partition coefficient (Wildman–Crippen LogP) is 4.36. The van der Waals surface area contributed by atoms with E-state index in [0.29, 0.717) is 35.8 Å². The molecule has 1 saturated heterocycles. The number of nitrogens with one attached hydrogen (secondary N) is 2. The van der Waals surface area contributed by atoms with Gasteiger partial charge in [-0.15, -0.1) is 0 Å². The highest BCUT2D eigenvalue weighted by Gasteiger charge is 2.20. The number of aromatic amines is 1. The van der Waals surface area contributed by atoms with Gasteiger partial charge in [0.05, 0.1) is 5.69 Å². The van der Waals surface area contributed by atoms with Crippen molar-refractivity contribution in [1.82, 2.24) is 15.1 Å². The van der Waals surface area contributed by atoms with Crippen molar-refractivity contribution < 1.29 is 9.90 Å². The van der Waals surface area contributed by atoms with E-state index in [1.165, 1.54) is 11.3 Å². The number of aromatic hydroxyl groups is 1.